The first-order valence-corrected chi connectivity index (χ1v) is 6.23. The van der Waals surface area contributed by atoms with E-state index < -0.39 is 6.36 Å². The first-order valence-electron chi connectivity index (χ1n) is 5.35. The van der Waals surface area contributed by atoms with Gasteiger partial charge in [0.15, 0.2) is 6.29 Å². The molecule has 0 saturated heterocycles. The van der Waals surface area contributed by atoms with Gasteiger partial charge in [0.1, 0.15) is 5.76 Å². The van der Waals surface area contributed by atoms with Crippen molar-refractivity contribution in [3.05, 3.63) is 52.0 Å². The Balaban J connectivity index is 2.21. The van der Waals surface area contributed by atoms with Crippen LogP contribution in [0.3, 0.4) is 0 Å². The average molecular weight is 286 g/mol. The molecule has 0 saturated carbocycles. The van der Waals surface area contributed by atoms with E-state index in [1.54, 1.807) is 29.7 Å². The number of thiophene rings is 1. The van der Waals surface area contributed by atoms with Crippen LogP contribution in [0, 0.1) is 0 Å². The van der Waals surface area contributed by atoms with Gasteiger partial charge in [0.05, 0.1) is 4.88 Å². The lowest BCUT2D eigenvalue weighted by Crippen LogP contribution is -2.12. The molecule has 0 N–H and O–H groups in total. The molecule has 0 radical (unpaired) electrons. The third-order valence-electron chi connectivity index (χ3n) is 2.38. The number of carbonyl (C=O) groups is 1. The summed E-state index contributed by atoms with van der Waals surface area (Å²) in [6, 6.07) is 1.69. The summed E-state index contributed by atoms with van der Waals surface area (Å²) in [4.78, 5) is 11.2. The number of alkyl halides is 3. The molecule has 1 aliphatic carbocycles. The molecule has 0 bridgehead atoms. The Hall–Kier alpha value is -1.82. The zero-order chi connectivity index (χ0) is 13.9. The molecule has 0 fully saturated rings. The first kappa shape index (κ1) is 13.6. The van der Waals surface area contributed by atoms with Crippen molar-refractivity contribution in [2.24, 2.45) is 0 Å². The molecule has 1 aromatic rings. The predicted molar refractivity (Wildman–Crippen MR) is 66.7 cm³/mol. The maximum Gasteiger partial charge on any atom is 0.572 e. The van der Waals surface area contributed by atoms with Crippen molar-refractivity contribution in [3.63, 3.8) is 0 Å². The molecule has 1 aromatic heterocycles. The molecular weight excluding hydrogens is 277 g/mol. The van der Waals surface area contributed by atoms with Crippen LogP contribution in [-0.4, -0.2) is 12.6 Å². The van der Waals surface area contributed by atoms with Gasteiger partial charge in [0.25, 0.3) is 0 Å². The molecule has 0 aliphatic heterocycles. The second kappa shape index (κ2) is 5.44. The fourth-order valence-corrected chi connectivity index (χ4v) is 2.31. The Morgan fingerprint density at radius 3 is 2.74 bits per heavy atom. The first-order chi connectivity index (χ1) is 8.98. The van der Waals surface area contributed by atoms with E-state index in [0.717, 1.165) is 17.4 Å². The fraction of sp³-hybridized carbons (Fsp3) is 0.154. The third-order valence-corrected chi connectivity index (χ3v) is 3.24. The van der Waals surface area contributed by atoms with E-state index in [1.165, 1.54) is 17.4 Å². The Labute approximate surface area is 111 Å². The minimum absolute atomic E-state index is 0.0736. The highest BCUT2D eigenvalue weighted by Gasteiger charge is 2.31. The van der Waals surface area contributed by atoms with Crippen molar-refractivity contribution in [3.8, 4) is 0 Å². The molecule has 0 unspecified atom stereocenters. The maximum absolute atomic E-state index is 12.1. The van der Waals surface area contributed by atoms with Crippen molar-refractivity contribution in [1.82, 2.24) is 0 Å². The Bertz CT molecular complexity index is 565. The highest BCUT2D eigenvalue weighted by atomic mass is 32.1. The molecule has 0 aromatic carbocycles. The number of rotatable bonds is 3. The number of hydrogen-bond acceptors (Lipinski definition) is 3. The standard InChI is InChI=1S/C13H9F3O2S/c14-13(15,16)18-11-3-1-2-9(4-5-11)10-6-12(7-17)19-8-10/h1-2,4-8H,3H2. The molecule has 2 rings (SSSR count). The van der Waals surface area contributed by atoms with Gasteiger partial charge in [-0.3, -0.25) is 4.79 Å². The van der Waals surface area contributed by atoms with Crippen LogP contribution in [0.1, 0.15) is 21.7 Å². The van der Waals surface area contributed by atoms with Crippen LogP contribution in [-0.2, 0) is 4.74 Å². The van der Waals surface area contributed by atoms with Crippen LogP contribution in [0.2, 0.25) is 0 Å². The maximum atomic E-state index is 12.1. The van der Waals surface area contributed by atoms with Crippen LogP contribution in [0.25, 0.3) is 5.57 Å². The van der Waals surface area contributed by atoms with Gasteiger partial charge in [0.2, 0.25) is 0 Å². The predicted octanol–water partition coefficient (Wildman–Crippen LogP) is 4.32. The van der Waals surface area contributed by atoms with E-state index in [4.69, 9.17) is 0 Å². The van der Waals surface area contributed by atoms with E-state index in [2.05, 4.69) is 4.74 Å². The third kappa shape index (κ3) is 3.82. The summed E-state index contributed by atoms with van der Waals surface area (Å²) < 4.78 is 40.2. The van der Waals surface area contributed by atoms with Crippen molar-refractivity contribution in [1.29, 1.82) is 0 Å². The molecule has 19 heavy (non-hydrogen) atoms. The summed E-state index contributed by atoms with van der Waals surface area (Å²) in [6.07, 6.45) is 2.27. The molecule has 2 nitrogen and oxygen atoms in total. The van der Waals surface area contributed by atoms with Crippen molar-refractivity contribution in [2.45, 2.75) is 12.8 Å². The lowest BCUT2D eigenvalue weighted by molar-refractivity contribution is -0.305. The Morgan fingerprint density at radius 2 is 2.11 bits per heavy atom. The zero-order valence-electron chi connectivity index (χ0n) is 9.61. The van der Waals surface area contributed by atoms with Crippen LogP contribution < -0.4 is 0 Å². The van der Waals surface area contributed by atoms with E-state index in [1.807, 2.05) is 0 Å². The van der Waals surface area contributed by atoms with E-state index in [0.29, 0.717) is 4.88 Å². The van der Waals surface area contributed by atoms with Gasteiger partial charge < -0.3 is 4.74 Å². The van der Waals surface area contributed by atoms with Crippen LogP contribution in [0.15, 0.2) is 41.5 Å². The van der Waals surface area contributed by atoms with Gasteiger partial charge in [0, 0.05) is 6.42 Å². The molecular formula is C13H9F3O2S. The number of carbonyl (C=O) groups excluding carboxylic acids is 1. The largest absolute Gasteiger partial charge is 0.572 e. The minimum Gasteiger partial charge on any atom is -0.410 e. The van der Waals surface area contributed by atoms with E-state index >= 15 is 0 Å². The van der Waals surface area contributed by atoms with Crippen molar-refractivity contribution < 1.29 is 22.7 Å². The van der Waals surface area contributed by atoms with Crippen molar-refractivity contribution in [2.75, 3.05) is 0 Å². The van der Waals surface area contributed by atoms with Gasteiger partial charge in [-0.1, -0.05) is 18.2 Å². The number of aldehydes is 1. The Kier molecular flexibility index (Phi) is 3.90. The van der Waals surface area contributed by atoms with E-state index in [9.17, 15) is 18.0 Å². The summed E-state index contributed by atoms with van der Waals surface area (Å²) in [5, 5.41) is 1.78. The van der Waals surface area contributed by atoms with Crippen molar-refractivity contribution >= 4 is 23.2 Å². The van der Waals surface area contributed by atoms with E-state index in [-0.39, 0.29) is 12.2 Å². The van der Waals surface area contributed by atoms with Gasteiger partial charge in [-0.2, -0.15) is 0 Å². The number of ether oxygens (including phenoxy) is 1. The molecule has 6 heteroatoms. The summed E-state index contributed by atoms with van der Waals surface area (Å²) in [7, 11) is 0. The van der Waals surface area contributed by atoms with Gasteiger partial charge in [-0.05, 0) is 28.7 Å². The molecule has 1 aliphatic rings. The normalized spacial score (nSPS) is 15.5. The SMILES string of the molecule is O=Cc1cc(C2=CC=C(OC(F)(F)F)CC=C2)cs1. The van der Waals surface area contributed by atoms with Crippen LogP contribution in [0.4, 0.5) is 13.2 Å². The van der Waals surface area contributed by atoms with Gasteiger partial charge >= 0.3 is 6.36 Å². The zero-order valence-corrected chi connectivity index (χ0v) is 10.4. The summed E-state index contributed by atoms with van der Waals surface area (Å²) in [5.74, 6) is -0.162. The number of halogens is 3. The molecule has 0 atom stereocenters. The molecule has 1 heterocycles. The monoisotopic (exact) mass is 286 g/mol. The van der Waals surface area contributed by atoms with Crippen LogP contribution >= 0.6 is 11.3 Å². The summed E-state index contributed by atoms with van der Waals surface area (Å²) in [6.45, 7) is 0. The quantitative estimate of drug-likeness (QED) is 0.773. The highest BCUT2D eigenvalue weighted by molar-refractivity contribution is 7.11. The topological polar surface area (TPSA) is 26.3 Å². The fourth-order valence-electron chi connectivity index (χ4n) is 1.59. The number of hydrogen-bond donors (Lipinski definition) is 0. The second-order valence-corrected chi connectivity index (χ2v) is 4.71. The van der Waals surface area contributed by atoms with Gasteiger partial charge in [-0.25, -0.2) is 0 Å². The second-order valence-electron chi connectivity index (χ2n) is 3.76. The highest BCUT2D eigenvalue weighted by Crippen LogP contribution is 2.27. The summed E-state index contributed by atoms with van der Waals surface area (Å²) in [5.41, 5.74) is 1.54. The smallest absolute Gasteiger partial charge is 0.410 e. The van der Waals surface area contributed by atoms with Crippen LogP contribution in [0.5, 0.6) is 0 Å². The molecule has 0 spiro atoms. The minimum atomic E-state index is -4.68. The Morgan fingerprint density at radius 1 is 1.32 bits per heavy atom. The summed E-state index contributed by atoms with van der Waals surface area (Å²) >= 11 is 1.29. The average Bonchev–Trinajstić information content (AvgIpc) is 2.69. The van der Waals surface area contributed by atoms with Gasteiger partial charge in [-0.15, -0.1) is 24.5 Å². The molecule has 100 valence electrons. The lowest BCUT2D eigenvalue weighted by Gasteiger charge is -2.09. The lowest BCUT2D eigenvalue weighted by atomic mass is 10.1. The number of allylic oxidation sites excluding steroid dienone is 5. The molecule has 0 amide bonds.